The molecule has 38 heavy (non-hydrogen) atoms. The molecule has 1 aliphatic heterocycles. The molecule has 0 saturated carbocycles. The summed E-state index contributed by atoms with van der Waals surface area (Å²) in [6.45, 7) is 4.15. The third-order valence-corrected chi connectivity index (χ3v) is 8.42. The second kappa shape index (κ2) is 9.67. The summed E-state index contributed by atoms with van der Waals surface area (Å²) in [6, 6.07) is 3.03. The lowest BCUT2D eigenvalue weighted by Gasteiger charge is -2.37. The molecule has 0 bridgehead atoms. The maximum atomic E-state index is 14.9. The number of sulfonamides is 1. The van der Waals surface area contributed by atoms with E-state index in [0.717, 1.165) is 12.1 Å². The molecule has 0 aliphatic carbocycles. The van der Waals surface area contributed by atoms with Gasteiger partial charge in [0.25, 0.3) is 0 Å². The van der Waals surface area contributed by atoms with Crippen LogP contribution in [0.2, 0.25) is 5.02 Å². The molecular weight excluding hydrogens is 558 g/mol. The molecule has 2 aromatic carbocycles. The smallest absolute Gasteiger partial charge is 0.434 e. The SMILES string of the molecule is Cc1ccc(F)c([C@@H](C)[C@H](NS(=O)(=O)c2ccc(Cl)c3c2OCC[C@@]3(O)C(F)(F)F)c2n[nH]c(=O)o2)c1C. The number of rotatable bonds is 6. The Balaban J connectivity index is 1.86. The average Bonchev–Trinajstić information content (AvgIpc) is 3.25. The maximum Gasteiger partial charge on any atom is 0.434 e. The highest BCUT2D eigenvalue weighted by molar-refractivity contribution is 7.89. The van der Waals surface area contributed by atoms with E-state index in [1.807, 2.05) is 5.10 Å². The molecule has 0 unspecified atom stereocenters. The van der Waals surface area contributed by atoms with Crippen molar-refractivity contribution in [3.8, 4) is 5.75 Å². The highest BCUT2D eigenvalue weighted by Crippen LogP contribution is 2.52. The molecule has 15 heteroatoms. The van der Waals surface area contributed by atoms with Crippen molar-refractivity contribution in [2.75, 3.05) is 6.61 Å². The number of aryl methyl sites for hydroxylation is 1. The van der Waals surface area contributed by atoms with Crippen LogP contribution in [0.4, 0.5) is 17.6 Å². The Kier molecular flexibility index (Phi) is 7.14. The number of ether oxygens (including phenoxy) is 1. The lowest BCUT2D eigenvalue weighted by Crippen LogP contribution is -2.46. The van der Waals surface area contributed by atoms with E-state index in [0.29, 0.717) is 11.1 Å². The number of aromatic nitrogens is 2. The van der Waals surface area contributed by atoms with Crippen molar-refractivity contribution in [2.24, 2.45) is 0 Å². The molecule has 0 radical (unpaired) electrons. The van der Waals surface area contributed by atoms with Crippen molar-refractivity contribution in [3.63, 3.8) is 0 Å². The van der Waals surface area contributed by atoms with E-state index in [2.05, 4.69) is 9.82 Å². The second-order valence-corrected chi connectivity index (χ2v) is 11.0. The van der Waals surface area contributed by atoms with Crippen LogP contribution in [0.3, 0.4) is 0 Å². The lowest BCUT2D eigenvalue weighted by atomic mass is 9.87. The van der Waals surface area contributed by atoms with Gasteiger partial charge in [-0.3, -0.25) is 0 Å². The van der Waals surface area contributed by atoms with E-state index in [1.165, 1.54) is 19.1 Å². The van der Waals surface area contributed by atoms with Crippen LogP contribution in [-0.2, 0) is 15.6 Å². The van der Waals surface area contributed by atoms with Crippen LogP contribution >= 0.6 is 11.6 Å². The predicted molar refractivity (Wildman–Crippen MR) is 126 cm³/mol. The fourth-order valence-electron chi connectivity index (χ4n) is 4.49. The minimum atomic E-state index is -5.19. The van der Waals surface area contributed by atoms with Gasteiger partial charge in [-0.05, 0) is 48.7 Å². The number of halogens is 5. The van der Waals surface area contributed by atoms with Gasteiger partial charge in [-0.25, -0.2) is 22.7 Å². The van der Waals surface area contributed by atoms with E-state index >= 15 is 0 Å². The number of aliphatic hydroxyl groups is 1. The van der Waals surface area contributed by atoms with E-state index in [9.17, 15) is 35.9 Å². The van der Waals surface area contributed by atoms with Crippen LogP contribution in [0.15, 0.2) is 38.4 Å². The van der Waals surface area contributed by atoms with Gasteiger partial charge < -0.3 is 14.3 Å². The number of nitrogens with zero attached hydrogens (tertiary/aromatic N) is 1. The summed E-state index contributed by atoms with van der Waals surface area (Å²) >= 11 is 5.98. The van der Waals surface area contributed by atoms with Crippen molar-refractivity contribution in [1.29, 1.82) is 0 Å². The highest BCUT2D eigenvalue weighted by atomic mass is 35.5. The lowest BCUT2D eigenvalue weighted by molar-refractivity contribution is -0.274. The minimum Gasteiger partial charge on any atom is -0.492 e. The zero-order valence-electron chi connectivity index (χ0n) is 20.1. The van der Waals surface area contributed by atoms with Gasteiger partial charge in [0, 0.05) is 12.3 Å². The number of alkyl halides is 3. The maximum absolute atomic E-state index is 14.9. The summed E-state index contributed by atoms with van der Waals surface area (Å²) in [7, 11) is -4.79. The average molecular weight is 580 g/mol. The minimum absolute atomic E-state index is 0.101. The number of aromatic amines is 1. The fraction of sp³-hybridized carbons (Fsp3) is 0.391. The van der Waals surface area contributed by atoms with Gasteiger partial charge in [0.2, 0.25) is 15.9 Å². The predicted octanol–water partition coefficient (Wildman–Crippen LogP) is 4.13. The second-order valence-electron chi connectivity index (χ2n) is 8.95. The van der Waals surface area contributed by atoms with Gasteiger partial charge in [0.1, 0.15) is 22.5 Å². The molecule has 4 rings (SSSR count). The van der Waals surface area contributed by atoms with E-state index in [-0.39, 0.29) is 5.56 Å². The molecule has 3 atom stereocenters. The molecule has 3 aromatic rings. The molecule has 0 saturated heterocycles. The van der Waals surface area contributed by atoms with Crippen molar-refractivity contribution in [1.82, 2.24) is 14.9 Å². The van der Waals surface area contributed by atoms with Crippen LogP contribution in [0, 0.1) is 19.7 Å². The molecule has 0 amide bonds. The standard InChI is InChI=1S/C23H22ClF4N3O6S/c1-10-4-6-14(25)16(11(10)2)12(3)18(20-29-30-21(32)37-20)31-38(34,35)15-7-5-13(24)17-19(15)36-9-8-22(17,33)23(26,27)28/h4-7,12,18,31,33H,8-9H2,1-3H3,(H,30,32)/t12-,18+,22+/m1/s1. The monoisotopic (exact) mass is 579 g/mol. The van der Waals surface area contributed by atoms with Crippen LogP contribution in [0.5, 0.6) is 5.75 Å². The van der Waals surface area contributed by atoms with Gasteiger partial charge in [-0.1, -0.05) is 24.6 Å². The van der Waals surface area contributed by atoms with Crippen molar-refractivity contribution < 1.29 is 40.2 Å². The van der Waals surface area contributed by atoms with Crippen molar-refractivity contribution >= 4 is 21.6 Å². The first-order valence-electron chi connectivity index (χ1n) is 11.2. The number of nitrogens with one attached hydrogen (secondary N) is 2. The van der Waals surface area contributed by atoms with Crippen LogP contribution in [-0.4, -0.2) is 36.5 Å². The number of H-pyrrole nitrogens is 1. The van der Waals surface area contributed by atoms with Crippen LogP contribution < -0.4 is 15.2 Å². The molecule has 9 nitrogen and oxygen atoms in total. The Bertz CT molecular complexity index is 1560. The third kappa shape index (κ3) is 4.70. The van der Waals surface area contributed by atoms with Gasteiger partial charge in [0.05, 0.1) is 17.2 Å². The van der Waals surface area contributed by atoms with Gasteiger partial charge >= 0.3 is 11.9 Å². The largest absolute Gasteiger partial charge is 0.492 e. The summed E-state index contributed by atoms with van der Waals surface area (Å²) in [5.74, 6) is -3.93. The number of hydrogen-bond acceptors (Lipinski definition) is 7. The van der Waals surface area contributed by atoms with Crippen molar-refractivity contribution in [3.05, 3.63) is 73.8 Å². The molecule has 2 heterocycles. The highest BCUT2D eigenvalue weighted by Gasteiger charge is 2.59. The van der Waals surface area contributed by atoms with E-state index in [1.54, 1.807) is 13.8 Å². The Morgan fingerprint density at radius 3 is 2.53 bits per heavy atom. The summed E-state index contributed by atoms with van der Waals surface area (Å²) in [4.78, 5) is 10.9. The van der Waals surface area contributed by atoms with E-state index in [4.69, 9.17) is 20.8 Å². The first-order valence-corrected chi connectivity index (χ1v) is 13.0. The first kappa shape index (κ1) is 28.1. The molecule has 206 valence electrons. The Morgan fingerprint density at radius 1 is 1.24 bits per heavy atom. The Morgan fingerprint density at radius 2 is 1.92 bits per heavy atom. The zero-order chi connectivity index (χ0) is 28.2. The number of hydrogen-bond donors (Lipinski definition) is 3. The Hall–Kier alpha value is -2.94. The van der Waals surface area contributed by atoms with Gasteiger partial charge in [0.15, 0.2) is 5.60 Å². The molecular formula is C23H22ClF4N3O6S. The fourth-order valence-corrected chi connectivity index (χ4v) is 6.21. The summed E-state index contributed by atoms with van der Waals surface area (Å²) < 4.78 is 96.1. The molecule has 0 fully saturated rings. The topological polar surface area (TPSA) is 135 Å². The number of fused-ring (bicyclic) bond motifs is 1. The van der Waals surface area contributed by atoms with Crippen LogP contribution in [0.1, 0.15) is 53.4 Å². The van der Waals surface area contributed by atoms with E-state index < -0.39 is 85.5 Å². The molecule has 3 N–H and O–H groups in total. The summed E-state index contributed by atoms with van der Waals surface area (Å²) in [6.07, 6.45) is -6.11. The third-order valence-electron chi connectivity index (χ3n) is 6.64. The molecule has 0 spiro atoms. The summed E-state index contributed by atoms with van der Waals surface area (Å²) in [5.41, 5.74) is -3.11. The zero-order valence-corrected chi connectivity index (χ0v) is 21.7. The Labute approximate surface area is 218 Å². The summed E-state index contributed by atoms with van der Waals surface area (Å²) in [5, 5.41) is 15.6. The quantitative estimate of drug-likeness (QED) is 0.374. The molecule has 1 aromatic heterocycles. The number of benzene rings is 2. The van der Waals surface area contributed by atoms with Crippen LogP contribution in [0.25, 0.3) is 0 Å². The molecule has 1 aliphatic rings. The normalized spacial score (nSPS) is 19.5. The first-order chi connectivity index (χ1) is 17.6. The van der Waals surface area contributed by atoms with Gasteiger partial charge in [-0.2, -0.15) is 17.9 Å². The van der Waals surface area contributed by atoms with Gasteiger partial charge in [-0.15, -0.1) is 5.10 Å². The van der Waals surface area contributed by atoms with Crippen molar-refractivity contribution in [2.45, 2.75) is 55.8 Å².